The second kappa shape index (κ2) is 3.99. The van der Waals surface area contributed by atoms with Gasteiger partial charge in [0.15, 0.2) is 0 Å². The van der Waals surface area contributed by atoms with Gasteiger partial charge in [-0.1, -0.05) is 0 Å². The average Bonchev–Trinajstić information content (AvgIpc) is 1.68. The fourth-order valence-corrected chi connectivity index (χ4v) is 0.290. The van der Waals surface area contributed by atoms with Gasteiger partial charge in [0.05, 0.1) is 0 Å². The van der Waals surface area contributed by atoms with Gasteiger partial charge in [0, 0.05) is 0 Å². The summed E-state index contributed by atoms with van der Waals surface area (Å²) in [6.45, 7) is 2.28. The van der Waals surface area contributed by atoms with Crippen LogP contribution >= 0.6 is 11.8 Å². The summed E-state index contributed by atoms with van der Waals surface area (Å²) in [5.41, 5.74) is -0.00231. The number of hydrogen-bond acceptors (Lipinski definition) is 3. The molecule has 1 unspecified atom stereocenters. The Morgan fingerprint density at radius 3 is 2.57 bits per heavy atom. The molecule has 0 aromatic heterocycles. The maximum absolute atomic E-state index is 9.54. The first-order valence-corrected chi connectivity index (χ1v) is 3.22. The maximum Gasteiger partial charge on any atom is 0.294 e. The van der Waals surface area contributed by atoms with Crippen molar-refractivity contribution >= 4 is 18.2 Å². The monoisotopic (exact) mass is 120 g/mol. The van der Waals surface area contributed by atoms with E-state index in [2.05, 4.69) is 4.74 Å². The molecule has 0 aromatic carbocycles. The van der Waals surface area contributed by atoms with Crippen LogP contribution in [0, 0.1) is 0 Å². The Morgan fingerprint density at radius 2 is 2.43 bits per heavy atom. The Hall–Kier alpha value is -0.180. The predicted molar refractivity (Wildman–Crippen MR) is 30.1 cm³/mol. The first-order chi connectivity index (χ1) is 3.31. The normalized spacial score (nSPS) is 12.9. The Kier molecular flexibility index (Phi) is 3.89. The third-order valence-corrected chi connectivity index (χ3v) is 1.35. The van der Waals surface area contributed by atoms with E-state index < -0.39 is 0 Å². The third-order valence-electron chi connectivity index (χ3n) is 0.579. The summed E-state index contributed by atoms with van der Waals surface area (Å²) in [6.07, 6.45) is 1.88. The number of ether oxygens (including phenoxy) is 1. The minimum absolute atomic E-state index is 0.00231. The molecule has 3 heteroatoms. The van der Waals surface area contributed by atoms with Crippen molar-refractivity contribution in [3.63, 3.8) is 0 Å². The average molecular weight is 120 g/mol. The molecule has 0 fully saturated rings. The number of hydrogen-bond donors (Lipinski definition) is 0. The van der Waals surface area contributed by atoms with Crippen LogP contribution in [0.2, 0.25) is 0 Å². The van der Waals surface area contributed by atoms with Gasteiger partial charge in [-0.3, -0.25) is 4.79 Å². The number of carbonyl (C=O) groups excluding carboxylic acids is 1. The second-order valence-corrected chi connectivity index (χ2v) is 2.17. The molecule has 0 bridgehead atoms. The molecule has 0 N–H and O–H groups in total. The van der Waals surface area contributed by atoms with Crippen LogP contribution in [0.3, 0.4) is 0 Å². The molecular weight excluding hydrogens is 112 g/mol. The molecule has 7 heavy (non-hydrogen) atoms. The fraction of sp³-hybridized carbons (Fsp3) is 0.750. The van der Waals surface area contributed by atoms with Gasteiger partial charge in [0.1, 0.15) is 5.44 Å². The first-order valence-electron chi connectivity index (χ1n) is 1.93. The van der Waals surface area contributed by atoms with Crippen molar-refractivity contribution in [3.05, 3.63) is 0 Å². The summed E-state index contributed by atoms with van der Waals surface area (Å²) in [5.74, 6) is 0. The van der Waals surface area contributed by atoms with Gasteiger partial charge < -0.3 is 4.74 Å². The van der Waals surface area contributed by atoms with Crippen LogP contribution in [0.5, 0.6) is 0 Å². The molecule has 0 spiro atoms. The molecule has 1 atom stereocenters. The first kappa shape index (κ1) is 6.82. The lowest BCUT2D eigenvalue weighted by atomic mass is 10.9. The zero-order chi connectivity index (χ0) is 5.70. The molecule has 2 nitrogen and oxygen atoms in total. The zero-order valence-electron chi connectivity index (χ0n) is 4.38. The number of rotatable bonds is 3. The smallest absolute Gasteiger partial charge is 0.294 e. The van der Waals surface area contributed by atoms with E-state index in [0.29, 0.717) is 6.47 Å². The lowest BCUT2D eigenvalue weighted by Gasteiger charge is -2.01. The van der Waals surface area contributed by atoms with E-state index in [1.807, 2.05) is 13.2 Å². The standard InChI is InChI=1S/C4H8O2S/c1-4(7-2)6-3-5/h3-4H,1-2H3. The summed E-state index contributed by atoms with van der Waals surface area (Å²) < 4.78 is 4.47. The molecule has 0 aromatic rings. The van der Waals surface area contributed by atoms with E-state index in [0.717, 1.165) is 0 Å². The minimum atomic E-state index is -0.00231. The largest absolute Gasteiger partial charge is 0.454 e. The molecule has 42 valence electrons. The Balaban J connectivity index is 2.98. The van der Waals surface area contributed by atoms with Crippen LogP contribution in [0.4, 0.5) is 0 Å². The molecular formula is C4H8O2S. The van der Waals surface area contributed by atoms with Gasteiger partial charge in [-0.25, -0.2) is 0 Å². The highest BCUT2D eigenvalue weighted by Crippen LogP contribution is 2.03. The van der Waals surface area contributed by atoms with Crippen molar-refractivity contribution in [1.82, 2.24) is 0 Å². The van der Waals surface area contributed by atoms with E-state index >= 15 is 0 Å². The molecule has 0 heterocycles. The van der Waals surface area contributed by atoms with Crippen molar-refractivity contribution in [3.8, 4) is 0 Å². The molecule has 0 rings (SSSR count). The summed E-state index contributed by atoms with van der Waals surface area (Å²) in [6, 6.07) is 0. The van der Waals surface area contributed by atoms with Crippen LogP contribution in [0.1, 0.15) is 6.92 Å². The Labute approximate surface area is 47.2 Å². The Morgan fingerprint density at radius 1 is 1.86 bits per heavy atom. The molecule has 0 amide bonds. The molecule has 0 aliphatic rings. The van der Waals surface area contributed by atoms with Gasteiger partial charge >= 0.3 is 0 Å². The van der Waals surface area contributed by atoms with E-state index in [1.165, 1.54) is 11.8 Å². The van der Waals surface area contributed by atoms with Crippen LogP contribution in [0.25, 0.3) is 0 Å². The summed E-state index contributed by atoms with van der Waals surface area (Å²) in [4.78, 5) is 9.54. The fourth-order valence-electron chi connectivity index (χ4n) is 0.134. The van der Waals surface area contributed by atoms with E-state index in [9.17, 15) is 4.79 Å². The highest BCUT2D eigenvalue weighted by Gasteiger charge is 1.92. The van der Waals surface area contributed by atoms with Gasteiger partial charge in [0.2, 0.25) is 0 Å². The van der Waals surface area contributed by atoms with E-state index in [1.54, 1.807) is 0 Å². The topological polar surface area (TPSA) is 26.3 Å². The van der Waals surface area contributed by atoms with Crippen LogP contribution in [-0.4, -0.2) is 18.2 Å². The van der Waals surface area contributed by atoms with E-state index in [4.69, 9.17) is 0 Å². The predicted octanol–water partition coefficient (Wildman–Crippen LogP) is 0.868. The summed E-state index contributed by atoms with van der Waals surface area (Å²) in [7, 11) is 0. The number of thioether (sulfide) groups is 1. The Bertz CT molecular complexity index is 55.7. The highest BCUT2D eigenvalue weighted by molar-refractivity contribution is 7.99. The van der Waals surface area contributed by atoms with Gasteiger partial charge in [-0.05, 0) is 13.2 Å². The van der Waals surface area contributed by atoms with Gasteiger partial charge in [-0.2, -0.15) is 0 Å². The van der Waals surface area contributed by atoms with E-state index in [-0.39, 0.29) is 5.44 Å². The van der Waals surface area contributed by atoms with Crippen LogP contribution in [-0.2, 0) is 9.53 Å². The SMILES string of the molecule is CSC(C)OC=O. The van der Waals surface area contributed by atoms with Crippen LogP contribution in [0.15, 0.2) is 0 Å². The number of carbonyl (C=O) groups is 1. The molecule has 0 aliphatic heterocycles. The summed E-state index contributed by atoms with van der Waals surface area (Å²) in [5, 5.41) is 0. The lowest BCUT2D eigenvalue weighted by Crippen LogP contribution is -1.98. The van der Waals surface area contributed by atoms with Crippen LogP contribution < -0.4 is 0 Å². The minimum Gasteiger partial charge on any atom is -0.454 e. The molecule has 0 aliphatic carbocycles. The highest BCUT2D eigenvalue weighted by atomic mass is 32.2. The van der Waals surface area contributed by atoms with Gasteiger partial charge in [-0.15, -0.1) is 11.8 Å². The van der Waals surface area contributed by atoms with Crippen molar-refractivity contribution < 1.29 is 9.53 Å². The van der Waals surface area contributed by atoms with Gasteiger partial charge in [0.25, 0.3) is 6.47 Å². The molecule has 0 radical (unpaired) electrons. The summed E-state index contributed by atoms with van der Waals surface area (Å²) >= 11 is 1.50. The third kappa shape index (κ3) is 3.66. The lowest BCUT2D eigenvalue weighted by molar-refractivity contribution is -0.129. The maximum atomic E-state index is 9.54. The van der Waals surface area contributed by atoms with Crippen molar-refractivity contribution in [2.75, 3.05) is 6.26 Å². The zero-order valence-corrected chi connectivity index (χ0v) is 5.20. The van der Waals surface area contributed by atoms with Crippen molar-refractivity contribution in [2.45, 2.75) is 12.4 Å². The quantitative estimate of drug-likeness (QED) is 0.408. The molecule has 0 saturated carbocycles. The van der Waals surface area contributed by atoms with Crippen molar-refractivity contribution in [1.29, 1.82) is 0 Å². The second-order valence-electron chi connectivity index (χ2n) is 1.04. The molecule has 0 saturated heterocycles. The van der Waals surface area contributed by atoms with Crippen molar-refractivity contribution in [2.24, 2.45) is 0 Å².